The predicted molar refractivity (Wildman–Crippen MR) is 52.8 cm³/mol. The molecule has 1 saturated heterocycles. The van der Waals surface area contributed by atoms with Gasteiger partial charge in [0, 0.05) is 12.2 Å². The van der Waals surface area contributed by atoms with Gasteiger partial charge in [0.25, 0.3) is 0 Å². The van der Waals surface area contributed by atoms with E-state index in [2.05, 4.69) is 25.8 Å². The SMILES string of the molecule is CP1C(CNC(=O)CN)C1(C)C. The Morgan fingerprint density at radius 3 is 2.50 bits per heavy atom. The fourth-order valence-corrected chi connectivity index (χ4v) is 3.79. The second-order valence-corrected chi connectivity index (χ2v) is 6.79. The second kappa shape index (κ2) is 3.31. The van der Waals surface area contributed by atoms with E-state index in [1.54, 1.807) is 0 Å². The molecule has 0 aromatic carbocycles. The molecule has 0 aromatic rings. The van der Waals surface area contributed by atoms with E-state index in [-0.39, 0.29) is 20.4 Å². The molecule has 1 aliphatic heterocycles. The topological polar surface area (TPSA) is 55.1 Å². The molecule has 1 rings (SSSR count). The molecule has 2 unspecified atom stereocenters. The van der Waals surface area contributed by atoms with Crippen LogP contribution < -0.4 is 11.1 Å². The van der Waals surface area contributed by atoms with Crippen LogP contribution in [-0.4, -0.2) is 36.5 Å². The zero-order chi connectivity index (χ0) is 9.35. The van der Waals surface area contributed by atoms with Crippen LogP contribution in [0.15, 0.2) is 0 Å². The van der Waals surface area contributed by atoms with Gasteiger partial charge >= 0.3 is 0 Å². The summed E-state index contributed by atoms with van der Waals surface area (Å²) in [6.07, 6.45) is 0. The molecule has 1 amide bonds. The van der Waals surface area contributed by atoms with Gasteiger partial charge in [0.1, 0.15) is 0 Å². The molecule has 0 aliphatic carbocycles. The van der Waals surface area contributed by atoms with E-state index in [0.29, 0.717) is 10.8 Å². The molecule has 0 bridgehead atoms. The van der Waals surface area contributed by atoms with Gasteiger partial charge in [0.05, 0.1) is 6.54 Å². The average Bonchev–Trinajstić information content (AvgIpc) is 2.48. The van der Waals surface area contributed by atoms with Crippen LogP contribution in [0.5, 0.6) is 0 Å². The van der Waals surface area contributed by atoms with Gasteiger partial charge in [0.2, 0.25) is 5.91 Å². The molecule has 1 fully saturated rings. The van der Waals surface area contributed by atoms with Gasteiger partial charge in [-0.3, -0.25) is 4.79 Å². The maximum atomic E-state index is 10.8. The van der Waals surface area contributed by atoms with Crippen LogP contribution in [0.25, 0.3) is 0 Å². The number of nitrogens with two attached hydrogens (primary N) is 1. The zero-order valence-corrected chi connectivity index (χ0v) is 8.82. The molecule has 0 radical (unpaired) electrons. The Bertz CT molecular complexity index is 193. The van der Waals surface area contributed by atoms with Gasteiger partial charge in [-0.1, -0.05) is 21.8 Å². The maximum absolute atomic E-state index is 10.8. The lowest BCUT2D eigenvalue weighted by molar-refractivity contribution is -0.119. The van der Waals surface area contributed by atoms with Crippen LogP contribution >= 0.6 is 7.92 Å². The minimum Gasteiger partial charge on any atom is -0.354 e. The summed E-state index contributed by atoms with van der Waals surface area (Å²) in [5.74, 6) is -0.0406. The Hall–Kier alpha value is -0.140. The molecular weight excluding hydrogens is 171 g/mol. The van der Waals surface area contributed by atoms with Crippen LogP contribution in [-0.2, 0) is 4.79 Å². The van der Waals surface area contributed by atoms with Crippen molar-refractivity contribution in [3.8, 4) is 0 Å². The Morgan fingerprint density at radius 2 is 2.17 bits per heavy atom. The van der Waals surface area contributed by atoms with E-state index >= 15 is 0 Å². The van der Waals surface area contributed by atoms with Gasteiger partial charge < -0.3 is 11.1 Å². The molecule has 1 aliphatic rings. The van der Waals surface area contributed by atoms with Crippen molar-refractivity contribution in [3.63, 3.8) is 0 Å². The Morgan fingerprint density at radius 1 is 1.67 bits per heavy atom. The fourth-order valence-electron chi connectivity index (χ4n) is 1.44. The summed E-state index contributed by atoms with van der Waals surface area (Å²) in [5.41, 5.74) is 5.87. The first-order chi connectivity index (χ1) is 5.50. The lowest BCUT2D eigenvalue weighted by Gasteiger charge is -2.03. The minimum atomic E-state index is -0.0406. The Labute approximate surface area is 74.8 Å². The van der Waals surface area contributed by atoms with Gasteiger partial charge in [-0.15, -0.1) is 0 Å². The molecule has 0 aromatic heterocycles. The van der Waals surface area contributed by atoms with Crippen molar-refractivity contribution in [1.82, 2.24) is 5.32 Å². The van der Waals surface area contributed by atoms with Crippen molar-refractivity contribution in [2.45, 2.75) is 24.7 Å². The first kappa shape index (κ1) is 9.94. The van der Waals surface area contributed by atoms with Crippen LogP contribution in [0.2, 0.25) is 0 Å². The van der Waals surface area contributed by atoms with Crippen molar-refractivity contribution in [3.05, 3.63) is 0 Å². The molecule has 1 heterocycles. The highest BCUT2D eigenvalue weighted by atomic mass is 31.1. The highest BCUT2D eigenvalue weighted by Gasteiger charge is 2.53. The van der Waals surface area contributed by atoms with E-state index in [1.165, 1.54) is 0 Å². The van der Waals surface area contributed by atoms with Crippen LogP contribution in [0.4, 0.5) is 0 Å². The summed E-state index contributed by atoms with van der Waals surface area (Å²) < 4.78 is 0. The smallest absolute Gasteiger partial charge is 0.233 e. The number of rotatable bonds is 3. The van der Waals surface area contributed by atoms with Gasteiger partial charge in [0.15, 0.2) is 0 Å². The Kier molecular flexibility index (Phi) is 2.74. The summed E-state index contributed by atoms with van der Waals surface area (Å²) in [7, 11) is 0.132. The third kappa shape index (κ3) is 1.78. The first-order valence-electron chi connectivity index (χ1n) is 4.20. The maximum Gasteiger partial charge on any atom is 0.233 e. The number of carbonyl (C=O) groups is 1. The van der Waals surface area contributed by atoms with Crippen molar-refractivity contribution in [1.29, 1.82) is 0 Å². The van der Waals surface area contributed by atoms with Crippen molar-refractivity contribution >= 4 is 13.8 Å². The van der Waals surface area contributed by atoms with Gasteiger partial charge in [-0.2, -0.15) is 0 Å². The molecule has 70 valence electrons. The lowest BCUT2D eigenvalue weighted by atomic mass is 10.1. The average molecular weight is 188 g/mol. The Balaban J connectivity index is 2.23. The molecule has 12 heavy (non-hydrogen) atoms. The number of nitrogens with one attached hydrogen (secondary N) is 1. The molecule has 4 heteroatoms. The van der Waals surface area contributed by atoms with Crippen molar-refractivity contribution in [2.24, 2.45) is 5.73 Å². The first-order valence-corrected chi connectivity index (χ1v) is 6.05. The number of hydrogen-bond donors (Lipinski definition) is 2. The summed E-state index contributed by atoms with van der Waals surface area (Å²) in [4.78, 5) is 10.8. The fraction of sp³-hybridized carbons (Fsp3) is 0.875. The quantitative estimate of drug-likeness (QED) is 0.627. The summed E-state index contributed by atoms with van der Waals surface area (Å²) >= 11 is 0. The number of amides is 1. The van der Waals surface area contributed by atoms with Crippen LogP contribution in [0.3, 0.4) is 0 Å². The predicted octanol–water partition coefficient (Wildman–Crippen LogP) is 0.334. The normalized spacial score (nSPS) is 31.3. The highest BCUT2D eigenvalue weighted by Crippen LogP contribution is 2.72. The van der Waals surface area contributed by atoms with Crippen molar-refractivity contribution < 1.29 is 4.79 Å². The van der Waals surface area contributed by atoms with Gasteiger partial charge in [-0.05, 0) is 11.8 Å². The third-order valence-corrected chi connectivity index (χ3v) is 6.42. The monoisotopic (exact) mass is 188 g/mol. The number of hydrogen-bond acceptors (Lipinski definition) is 2. The summed E-state index contributed by atoms with van der Waals surface area (Å²) in [6, 6.07) is 0. The summed E-state index contributed by atoms with van der Waals surface area (Å²) in [6.45, 7) is 7.73. The molecule has 3 nitrogen and oxygen atoms in total. The van der Waals surface area contributed by atoms with Crippen LogP contribution in [0.1, 0.15) is 13.8 Å². The van der Waals surface area contributed by atoms with E-state index in [1.807, 2.05) is 0 Å². The van der Waals surface area contributed by atoms with E-state index in [0.717, 1.165) is 6.54 Å². The van der Waals surface area contributed by atoms with E-state index in [4.69, 9.17) is 5.73 Å². The molecular formula is C8H17N2OP. The zero-order valence-electron chi connectivity index (χ0n) is 7.92. The number of carbonyl (C=O) groups excluding carboxylic acids is 1. The highest BCUT2D eigenvalue weighted by molar-refractivity contribution is 7.67. The minimum absolute atomic E-state index is 0.0406. The molecule has 0 saturated carbocycles. The van der Waals surface area contributed by atoms with Crippen LogP contribution in [0, 0.1) is 0 Å². The third-order valence-electron chi connectivity index (χ3n) is 2.80. The molecule has 0 spiro atoms. The molecule has 2 atom stereocenters. The molecule has 3 N–H and O–H groups in total. The van der Waals surface area contributed by atoms with E-state index < -0.39 is 0 Å². The standard InChI is InChI=1S/C8H17N2OP/c1-8(2)6(12(8)3)5-10-7(11)4-9/h6H,4-5,9H2,1-3H3,(H,10,11). The largest absolute Gasteiger partial charge is 0.354 e. The van der Waals surface area contributed by atoms with Crippen molar-refractivity contribution in [2.75, 3.05) is 19.8 Å². The van der Waals surface area contributed by atoms with E-state index in [9.17, 15) is 4.79 Å². The second-order valence-electron chi connectivity index (χ2n) is 3.79. The lowest BCUT2D eigenvalue weighted by Crippen LogP contribution is -2.34. The summed E-state index contributed by atoms with van der Waals surface area (Å²) in [5, 5.41) is 3.30. The van der Waals surface area contributed by atoms with Gasteiger partial charge in [-0.25, -0.2) is 0 Å².